The fourth-order valence-electron chi connectivity index (χ4n) is 4.18. The van der Waals surface area contributed by atoms with E-state index in [1.165, 1.54) is 17.3 Å². The van der Waals surface area contributed by atoms with E-state index >= 15 is 0 Å². The first-order chi connectivity index (χ1) is 14.5. The van der Waals surface area contributed by atoms with Gasteiger partial charge < -0.3 is 4.90 Å². The minimum absolute atomic E-state index is 0.0809. The summed E-state index contributed by atoms with van der Waals surface area (Å²) in [5.74, 6) is 0.0823. The Morgan fingerprint density at radius 2 is 1.67 bits per heavy atom. The fraction of sp³-hybridized carbons (Fsp3) is 0.167. The van der Waals surface area contributed by atoms with Crippen molar-refractivity contribution in [2.75, 3.05) is 15.6 Å². The molecule has 2 aliphatic rings. The third kappa shape index (κ3) is 2.84. The molecule has 0 aromatic heterocycles. The molecule has 2 amide bonds. The summed E-state index contributed by atoms with van der Waals surface area (Å²) < 4.78 is 0. The van der Waals surface area contributed by atoms with Gasteiger partial charge in [0.15, 0.2) is 0 Å². The second-order valence-electron chi connectivity index (χ2n) is 7.53. The van der Waals surface area contributed by atoms with Gasteiger partial charge in [-0.2, -0.15) is 0 Å². The molecule has 0 saturated carbocycles. The number of carbonyl (C=O) groups is 2. The largest absolute Gasteiger partial charge is 0.304 e. The SMILES string of the molecule is Cc1ccc(CN2C(=O)[C@]3(SCC(=O)N3c3ccc(Cl)cc3)c3ccccc32)cc1. The first-order valence-corrected chi connectivity index (χ1v) is 11.1. The lowest BCUT2D eigenvalue weighted by Gasteiger charge is -2.33. The third-order valence-corrected chi connectivity index (χ3v) is 7.25. The number of nitrogens with zero attached hydrogens (tertiary/aromatic N) is 2. The highest BCUT2D eigenvalue weighted by molar-refractivity contribution is 8.02. The summed E-state index contributed by atoms with van der Waals surface area (Å²) >= 11 is 7.44. The van der Waals surface area contributed by atoms with Gasteiger partial charge in [0.25, 0.3) is 5.91 Å². The van der Waals surface area contributed by atoms with Crippen LogP contribution in [-0.4, -0.2) is 17.6 Å². The van der Waals surface area contributed by atoms with E-state index in [-0.39, 0.29) is 17.6 Å². The molecule has 1 fully saturated rings. The minimum atomic E-state index is -1.09. The van der Waals surface area contributed by atoms with E-state index in [1.54, 1.807) is 34.1 Å². The molecule has 30 heavy (non-hydrogen) atoms. The molecule has 6 heteroatoms. The number of rotatable bonds is 3. The van der Waals surface area contributed by atoms with Gasteiger partial charge >= 0.3 is 0 Å². The quantitative estimate of drug-likeness (QED) is 0.574. The van der Waals surface area contributed by atoms with Crippen molar-refractivity contribution in [3.05, 3.63) is 94.5 Å². The van der Waals surface area contributed by atoms with Crippen LogP contribution in [0.2, 0.25) is 5.02 Å². The molecule has 1 saturated heterocycles. The molecular formula is C24H19ClN2O2S. The molecule has 1 atom stereocenters. The minimum Gasteiger partial charge on any atom is -0.304 e. The maximum atomic E-state index is 13.9. The molecule has 5 rings (SSSR count). The van der Waals surface area contributed by atoms with Gasteiger partial charge in [0.1, 0.15) is 0 Å². The molecular weight excluding hydrogens is 416 g/mol. The molecule has 0 aliphatic carbocycles. The van der Waals surface area contributed by atoms with Crippen molar-refractivity contribution in [3.8, 4) is 0 Å². The highest BCUT2D eigenvalue weighted by atomic mass is 35.5. The summed E-state index contributed by atoms with van der Waals surface area (Å²) in [5.41, 5.74) is 4.61. The zero-order chi connectivity index (χ0) is 20.9. The number of para-hydroxylation sites is 1. The van der Waals surface area contributed by atoms with Gasteiger partial charge in [-0.1, -0.05) is 59.6 Å². The Bertz CT molecular complexity index is 1150. The molecule has 150 valence electrons. The molecule has 0 bridgehead atoms. The Kier molecular flexibility index (Phi) is 4.60. The van der Waals surface area contributed by atoms with Gasteiger partial charge in [-0.3, -0.25) is 14.5 Å². The standard InChI is InChI=1S/C24H19ClN2O2S/c1-16-6-8-17(9-7-16)14-26-21-5-3-2-4-20(21)24(23(26)29)27(22(28)15-30-24)19-12-10-18(25)11-13-19/h2-13H,14-15H2,1H3/t24-/m1/s1. The average Bonchev–Trinajstić information content (AvgIpc) is 3.22. The van der Waals surface area contributed by atoms with Crippen LogP contribution in [0.1, 0.15) is 16.7 Å². The Hall–Kier alpha value is -2.76. The maximum absolute atomic E-state index is 13.9. The zero-order valence-corrected chi connectivity index (χ0v) is 17.9. The molecule has 1 spiro atoms. The van der Waals surface area contributed by atoms with E-state index in [9.17, 15) is 9.59 Å². The summed E-state index contributed by atoms with van der Waals surface area (Å²) in [7, 11) is 0. The van der Waals surface area contributed by atoms with Crippen molar-refractivity contribution in [1.82, 2.24) is 0 Å². The fourth-order valence-corrected chi connectivity index (χ4v) is 5.66. The van der Waals surface area contributed by atoms with Gasteiger partial charge in [0.2, 0.25) is 10.8 Å². The van der Waals surface area contributed by atoms with Gasteiger partial charge in [-0.15, -0.1) is 11.8 Å². The van der Waals surface area contributed by atoms with Crippen molar-refractivity contribution in [3.63, 3.8) is 0 Å². The number of thioether (sulfide) groups is 1. The summed E-state index contributed by atoms with van der Waals surface area (Å²) in [4.78, 5) is 29.3. The Morgan fingerprint density at radius 3 is 2.40 bits per heavy atom. The smallest absolute Gasteiger partial charge is 0.269 e. The van der Waals surface area contributed by atoms with Gasteiger partial charge in [0, 0.05) is 16.3 Å². The number of anilines is 2. The number of halogens is 1. The summed E-state index contributed by atoms with van der Waals surface area (Å²) in [5, 5.41) is 0.589. The topological polar surface area (TPSA) is 40.6 Å². The lowest BCUT2D eigenvalue weighted by molar-refractivity contribution is -0.123. The van der Waals surface area contributed by atoms with Gasteiger partial charge in [-0.05, 0) is 42.8 Å². The van der Waals surface area contributed by atoms with Crippen LogP contribution in [0.15, 0.2) is 72.8 Å². The van der Waals surface area contributed by atoms with Crippen LogP contribution >= 0.6 is 23.4 Å². The number of fused-ring (bicyclic) bond motifs is 2. The number of amides is 2. The Labute approximate surface area is 184 Å². The van der Waals surface area contributed by atoms with Crippen LogP contribution in [0, 0.1) is 6.92 Å². The predicted molar refractivity (Wildman–Crippen MR) is 122 cm³/mol. The molecule has 2 aliphatic heterocycles. The number of carbonyl (C=O) groups excluding carboxylic acids is 2. The van der Waals surface area contributed by atoms with Gasteiger partial charge in [0.05, 0.1) is 18.0 Å². The molecule has 0 unspecified atom stereocenters. The van der Waals surface area contributed by atoms with Crippen molar-refractivity contribution in [1.29, 1.82) is 0 Å². The third-order valence-electron chi connectivity index (χ3n) is 5.61. The number of benzene rings is 3. The van der Waals surface area contributed by atoms with E-state index in [2.05, 4.69) is 0 Å². The van der Waals surface area contributed by atoms with E-state index in [0.29, 0.717) is 17.3 Å². The summed E-state index contributed by atoms with van der Waals surface area (Å²) in [6, 6.07) is 23.0. The average molecular weight is 435 g/mol. The first kappa shape index (κ1) is 19.2. The predicted octanol–water partition coefficient (Wildman–Crippen LogP) is 5.13. The second-order valence-corrected chi connectivity index (χ2v) is 9.14. The molecule has 0 radical (unpaired) electrons. The molecule has 3 aromatic carbocycles. The highest BCUT2D eigenvalue weighted by Gasteiger charge is 2.60. The van der Waals surface area contributed by atoms with Crippen molar-refractivity contribution >= 4 is 46.6 Å². The normalized spacial score (nSPS) is 20.3. The monoisotopic (exact) mass is 434 g/mol. The van der Waals surface area contributed by atoms with Crippen molar-refractivity contribution < 1.29 is 9.59 Å². The van der Waals surface area contributed by atoms with Crippen molar-refractivity contribution in [2.45, 2.75) is 18.3 Å². The van der Waals surface area contributed by atoms with E-state index < -0.39 is 4.87 Å². The molecule has 3 aromatic rings. The number of hydrogen-bond acceptors (Lipinski definition) is 3. The Balaban J connectivity index is 1.62. The van der Waals surface area contributed by atoms with Crippen LogP contribution in [0.25, 0.3) is 0 Å². The maximum Gasteiger partial charge on any atom is 0.269 e. The van der Waals surface area contributed by atoms with E-state index in [1.807, 2.05) is 55.5 Å². The van der Waals surface area contributed by atoms with Gasteiger partial charge in [-0.25, -0.2) is 0 Å². The first-order valence-electron chi connectivity index (χ1n) is 9.70. The molecule has 2 heterocycles. The zero-order valence-electron chi connectivity index (χ0n) is 16.3. The lowest BCUT2D eigenvalue weighted by Crippen LogP contribution is -2.49. The number of hydrogen-bond donors (Lipinski definition) is 0. The molecule has 4 nitrogen and oxygen atoms in total. The van der Waals surface area contributed by atoms with Crippen LogP contribution in [0.4, 0.5) is 11.4 Å². The summed E-state index contributed by atoms with van der Waals surface area (Å²) in [6.07, 6.45) is 0. The lowest BCUT2D eigenvalue weighted by atomic mass is 10.0. The van der Waals surface area contributed by atoms with Crippen LogP contribution < -0.4 is 9.80 Å². The van der Waals surface area contributed by atoms with Crippen LogP contribution in [0.5, 0.6) is 0 Å². The van der Waals surface area contributed by atoms with Crippen LogP contribution in [0.3, 0.4) is 0 Å². The molecule has 0 N–H and O–H groups in total. The second kappa shape index (κ2) is 7.18. The summed E-state index contributed by atoms with van der Waals surface area (Å²) in [6.45, 7) is 2.50. The van der Waals surface area contributed by atoms with E-state index in [0.717, 1.165) is 16.8 Å². The van der Waals surface area contributed by atoms with Crippen LogP contribution in [-0.2, 0) is 21.0 Å². The highest BCUT2D eigenvalue weighted by Crippen LogP contribution is 2.55. The van der Waals surface area contributed by atoms with E-state index in [4.69, 9.17) is 11.6 Å². The van der Waals surface area contributed by atoms with Crippen molar-refractivity contribution in [2.24, 2.45) is 0 Å². The Morgan fingerprint density at radius 1 is 0.967 bits per heavy atom. The number of aryl methyl sites for hydroxylation is 1.